The number of hydrogen-bond donors (Lipinski definition) is 3. The summed E-state index contributed by atoms with van der Waals surface area (Å²) in [6, 6.07) is 15.6. The average Bonchev–Trinajstić information content (AvgIpc) is 3.66. The molecule has 1 aliphatic carbocycles. The van der Waals surface area contributed by atoms with Gasteiger partial charge < -0.3 is 5.11 Å². The van der Waals surface area contributed by atoms with Crippen molar-refractivity contribution >= 4 is 11.4 Å². The van der Waals surface area contributed by atoms with E-state index in [-0.39, 0.29) is 17.0 Å². The average molecular weight is 506 g/mol. The summed E-state index contributed by atoms with van der Waals surface area (Å²) >= 11 is 0. The molecule has 0 fully saturated rings. The molecule has 2 heterocycles. The fourth-order valence-corrected chi connectivity index (χ4v) is 5.08. The summed E-state index contributed by atoms with van der Waals surface area (Å²) in [6.07, 6.45) is 4.44. The lowest BCUT2D eigenvalue weighted by Gasteiger charge is -2.14. The van der Waals surface area contributed by atoms with Crippen LogP contribution in [0, 0.1) is 20.8 Å². The molecule has 1 aliphatic rings. The van der Waals surface area contributed by atoms with Crippen LogP contribution in [0.25, 0.3) is 28.1 Å². The molecule has 0 saturated carbocycles. The summed E-state index contributed by atoms with van der Waals surface area (Å²) < 4.78 is 1.47. The third-order valence-corrected chi connectivity index (χ3v) is 7.26. The van der Waals surface area contributed by atoms with Gasteiger partial charge in [0.1, 0.15) is 11.4 Å². The van der Waals surface area contributed by atoms with Crippen LogP contribution in [0.3, 0.4) is 0 Å². The highest BCUT2D eigenvalue weighted by Crippen LogP contribution is 2.45. The second-order valence-corrected chi connectivity index (χ2v) is 9.74. The molecular weight excluding hydrogens is 478 g/mol. The van der Waals surface area contributed by atoms with Gasteiger partial charge in [0.25, 0.3) is 5.56 Å². The van der Waals surface area contributed by atoms with Gasteiger partial charge in [0.05, 0.1) is 17.6 Å². The quantitative estimate of drug-likeness (QED) is 0.248. The maximum Gasteiger partial charge on any atom is 0.299 e. The molecule has 38 heavy (non-hydrogen) atoms. The SMILES string of the molecule is Cc1ccc(-n2[nH]c(C)c(N=Nc3cc4c(c(-c5cccc(-c6cn[nH]n6)c5)c3O)CCC4)c2=O)cc1C. The van der Waals surface area contributed by atoms with E-state index in [0.29, 0.717) is 11.4 Å². The maximum atomic E-state index is 13.2. The lowest BCUT2D eigenvalue weighted by Crippen LogP contribution is -2.14. The first-order chi connectivity index (χ1) is 18.4. The second-order valence-electron chi connectivity index (χ2n) is 9.74. The first kappa shape index (κ1) is 23.6. The highest BCUT2D eigenvalue weighted by Gasteiger charge is 2.23. The molecule has 3 N–H and O–H groups in total. The standard InChI is InChI=1S/C29H27N7O2/c1-16-10-11-22(12-17(16)2)36-29(38)27(18(3)34-36)33-31-24-14-19-6-5-9-23(19)26(28(24)37)21-8-4-7-20(13-21)25-15-30-35-32-25/h4,7-8,10-15,34,37H,5-6,9H2,1-3H3,(H,30,32,35). The van der Waals surface area contributed by atoms with Crippen molar-refractivity contribution in [2.24, 2.45) is 10.2 Å². The number of benzene rings is 3. The molecule has 2 aromatic heterocycles. The van der Waals surface area contributed by atoms with Gasteiger partial charge in [0.2, 0.25) is 0 Å². The van der Waals surface area contributed by atoms with E-state index in [1.54, 1.807) is 13.1 Å². The largest absolute Gasteiger partial charge is 0.505 e. The maximum absolute atomic E-state index is 13.2. The minimum absolute atomic E-state index is 0.0503. The Balaban J connectivity index is 1.42. The van der Waals surface area contributed by atoms with E-state index in [1.807, 2.05) is 62.4 Å². The lowest BCUT2D eigenvalue weighted by atomic mass is 9.93. The number of azo groups is 1. The van der Waals surface area contributed by atoms with E-state index in [2.05, 4.69) is 30.7 Å². The third kappa shape index (κ3) is 4.02. The Kier molecular flexibility index (Phi) is 5.75. The summed E-state index contributed by atoms with van der Waals surface area (Å²) in [5.74, 6) is 0.0503. The van der Waals surface area contributed by atoms with E-state index in [9.17, 15) is 9.90 Å². The highest BCUT2D eigenvalue weighted by molar-refractivity contribution is 5.83. The Labute approximate surface area is 218 Å². The van der Waals surface area contributed by atoms with Gasteiger partial charge in [0, 0.05) is 11.1 Å². The van der Waals surface area contributed by atoms with Crippen molar-refractivity contribution in [3.8, 4) is 33.8 Å². The second kappa shape index (κ2) is 9.26. The molecule has 0 atom stereocenters. The number of aromatic hydroxyl groups is 1. The zero-order valence-corrected chi connectivity index (χ0v) is 21.4. The van der Waals surface area contributed by atoms with Crippen molar-refractivity contribution < 1.29 is 5.11 Å². The molecule has 0 aliphatic heterocycles. The van der Waals surface area contributed by atoms with Crippen molar-refractivity contribution in [3.05, 3.63) is 93.0 Å². The molecule has 0 spiro atoms. The normalized spacial score (nSPS) is 12.9. The first-order valence-corrected chi connectivity index (χ1v) is 12.6. The Morgan fingerprint density at radius 1 is 0.974 bits per heavy atom. The van der Waals surface area contributed by atoms with E-state index < -0.39 is 0 Å². The summed E-state index contributed by atoms with van der Waals surface area (Å²) in [6.45, 7) is 5.83. The molecule has 9 heteroatoms. The van der Waals surface area contributed by atoms with E-state index >= 15 is 0 Å². The van der Waals surface area contributed by atoms with Crippen molar-refractivity contribution in [3.63, 3.8) is 0 Å². The monoisotopic (exact) mass is 505 g/mol. The van der Waals surface area contributed by atoms with Crippen molar-refractivity contribution in [1.82, 2.24) is 25.2 Å². The van der Waals surface area contributed by atoms with Crippen LogP contribution in [-0.4, -0.2) is 30.3 Å². The summed E-state index contributed by atoms with van der Waals surface area (Å²) in [5, 5.41) is 33.9. The van der Waals surface area contributed by atoms with Gasteiger partial charge in [-0.3, -0.25) is 9.89 Å². The van der Waals surface area contributed by atoms with Gasteiger partial charge in [0.15, 0.2) is 11.4 Å². The number of phenols is 1. The number of nitrogens with one attached hydrogen (secondary N) is 2. The minimum Gasteiger partial charge on any atom is -0.505 e. The summed E-state index contributed by atoms with van der Waals surface area (Å²) in [4.78, 5) is 13.2. The molecule has 6 rings (SSSR count). The van der Waals surface area contributed by atoms with Crippen LogP contribution in [-0.2, 0) is 12.8 Å². The highest BCUT2D eigenvalue weighted by atomic mass is 16.3. The number of aromatic amines is 2. The van der Waals surface area contributed by atoms with Crippen LogP contribution in [0.5, 0.6) is 5.75 Å². The molecule has 5 aromatic rings. The minimum atomic E-state index is -0.296. The molecule has 0 saturated heterocycles. The molecule has 0 amide bonds. The van der Waals surface area contributed by atoms with Crippen molar-refractivity contribution in [1.29, 1.82) is 0 Å². The number of hydrogen-bond acceptors (Lipinski definition) is 6. The topological polar surface area (TPSA) is 124 Å². The molecule has 0 bridgehead atoms. The molecule has 0 unspecified atom stereocenters. The van der Waals surface area contributed by atoms with E-state index in [4.69, 9.17) is 0 Å². The van der Waals surface area contributed by atoms with Gasteiger partial charge in [-0.15, -0.1) is 10.2 Å². The Morgan fingerprint density at radius 2 is 1.82 bits per heavy atom. The Morgan fingerprint density at radius 3 is 2.61 bits per heavy atom. The lowest BCUT2D eigenvalue weighted by molar-refractivity contribution is 0.478. The number of rotatable bonds is 5. The zero-order valence-electron chi connectivity index (χ0n) is 21.4. The fourth-order valence-electron chi connectivity index (χ4n) is 5.08. The Bertz CT molecular complexity index is 1760. The molecular formula is C29H27N7O2. The van der Waals surface area contributed by atoms with E-state index in [0.717, 1.165) is 69.6 Å². The van der Waals surface area contributed by atoms with Crippen LogP contribution in [0.15, 0.2) is 69.8 Å². The smallest absolute Gasteiger partial charge is 0.299 e. The molecule has 190 valence electrons. The number of H-pyrrole nitrogens is 2. The number of fused-ring (bicyclic) bond motifs is 1. The molecule has 3 aromatic carbocycles. The van der Waals surface area contributed by atoms with Crippen LogP contribution >= 0.6 is 0 Å². The van der Waals surface area contributed by atoms with Crippen LogP contribution in [0.2, 0.25) is 0 Å². The number of aromatic nitrogens is 5. The van der Waals surface area contributed by atoms with Gasteiger partial charge in [-0.1, -0.05) is 24.3 Å². The van der Waals surface area contributed by atoms with Crippen molar-refractivity contribution in [2.75, 3.05) is 0 Å². The van der Waals surface area contributed by atoms with Crippen LogP contribution in [0.1, 0.15) is 34.4 Å². The van der Waals surface area contributed by atoms with Gasteiger partial charge in [-0.25, -0.2) is 4.68 Å². The van der Waals surface area contributed by atoms with Crippen molar-refractivity contribution in [2.45, 2.75) is 40.0 Å². The number of nitrogens with zero attached hydrogens (tertiary/aromatic N) is 5. The Hall–Kier alpha value is -4.79. The molecule has 9 nitrogen and oxygen atoms in total. The summed E-state index contributed by atoms with van der Waals surface area (Å²) in [7, 11) is 0. The van der Waals surface area contributed by atoms with Gasteiger partial charge >= 0.3 is 0 Å². The number of aryl methyl sites for hydroxylation is 4. The van der Waals surface area contributed by atoms with Crippen LogP contribution in [0.4, 0.5) is 11.4 Å². The van der Waals surface area contributed by atoms with Gasteiger partial charge in [-0.2, -0.15) is 15.4 Å². The molecule has 0 radical (unpaired) electrons. The zero-order chi connectivity index (χ0) is 26.4. The predicted molar refractivity (Wildman–Crippen MR) is 146 cm³/mol. The third-order valence-electron chi connectivity index (χ3n) is 7.26. The van der Waals surface area contributed by atoms with Gasteiger partial charge in [-0.05, 0) is 92.1 Å². The van der Waals surface area contributed by atoms with E-state index in [1.165, 1.54) is 4.68 Å². The first-order valence-electron chi connectivity index (χ1n) is 12.6. The fraction of sp³-hybridized carbons (Fsp3) is 0.207. The summed E-state index contributed by atoms with van der Waals surface area (Å²) in [5.41, 5.74) is 9.31. The predicted octanol–water partition coefficient (Wildman–Crippen LogP) is 6.15. The number of phenolic OH excluding ortho intramolecular Hbond substituents is 1. The van der Waals surface area contributed by atoms with Crippen LogP contribution < -0.4 is 5.56 Å².